The normalized spacial score (nSPS) is 10.4. The average molecular weight is 312 g/mol. The molecule has 3 nitrogen and oxygen atoms in total. The van der Waals surface area contributed by atoms with Crippen molar-refractivity contribution in [2.75, 3.05) is 0 Å². The van der Waals surface area contributed by atoms with E-state index >= 15 is 0 Å². The third kappa shape index (κ3) is 2.68. The molecule has 0 saturated heterocycles. The van der Waals surface area contributed by atoms with Crippen LogP contribution in [-0.4, -0.2) is 10.1 Å². The van der Waals surface area contributed by atoms with Crippen molar-refractivity contribution < 1.29 is 14.2 Å². The van der Waals surface area contributed by atoms with Gasteiger partial charge in [-0.05, 0) is 25.1 Å². The Kier molecular flexibility index (Phi) is 3.93. The highest BCUT2D eigenvalue weighted by atomic mass is 79.9. The van der Waals surface area contributed by atoms with Crippen LogP contribution in [0.5, 0.6) is 11.6 Å². The van der Waals surface area contributed by atoms with Gasteiger partial charge < -0.3 is 9.84 Å². The molecule has 0 atom stereocenters. The van der Waals surface area contributed by atoms with Gasteiger partial charge in [0.15, 0.2) is 11.6 Å². The number of hydrogen-bond donors (Lipinski definition) is 1. The van der Waals surface area contributed by atoms with E-state index in [2.05, 4.69) is 20.9 Å². The van der Waals surface area contributed by atoms with Gasteiger partial charge in [0.2, 0.25) is 5.88 Å². The summed E-state index contributed by atoms with van der Waals surface area (Å²) in [4.78, 5) is 4.12. The van der Waals surface area contributed by atoms with Gasteiger partial charge in [-0.2, -0.15) is 0 Å². The second-order valence-corrected chi connectivity index (χ2v) is 4.57. The first-order valence-corrected chi connectivity index (χ1v) is 6.10. The maximum Gasteiger partial charge on any atom is 0.219 e. The molecule has 1 N–H and O–H groups in total. The van der Waals surface area contributed by atoms with E-state index in [4.69, 9.17) is 9.84 Å². The number of aromatic nitrogens is 1. The van der Waals surface area contributed by atoms with Crippen LogP contribution in [0.1, 0.15) is 11.3 Å². The van der Waals surface area contributed by atoms with E-state index in [9.17, 15) is 4.39 Å². The van der Waals surface area contributed by atoms with Gasteiger partial charge in [0.25, 0.3) is 0 Å². The van der Waals surface area contributed by atoms with Crippen LogP contribution < -0.4 is 4.74 Å². The Morgan fingerprint density at radius 3 is 2.78 bits per heavy atom. The molecular weight excluding hydrogens is 301 g/mol. The second kappa shape index (κ2) is 5.46. The molecular formula is C13H11BrFNO2. The second-order valence-electron chi connectivity index (χ2n) is 3.72. The lowest BCUT2D eigenvalue weighted by Crippen LogP contribution is -1.97. The SMILES string of the molecule is Cc1cccc(Oc2ccc(Br)c(CO)c2F)n1. The molecule has 1 heterocycles. The molecule has 0 unspecified atom stereocenters. The number of halogens is 2. The molecule has 1 aromatic heterocycles. The highest BCUT2D eigenvalue weighted by Crippen LogP contribution is 2.30. The van der Waals surface area contributed by atoms with Crippen molar-refractivity contribution >= 4 is 15.9 Å². The zero-order valence-corrected chi connectivity index (χ0v) is 11.2. The Balaban J connectivity index is 2.35. The Labute approximate surface area is 112 Å². The van der Waals surface area contributed by atoms with Crippen LogP contribution in [0.15, 0.2) is 34.8 Å². The summed E-state index contributed by atoms with van der Waals surface area (Å²) in [6, 6.07) is 8.36. The minimum Gasteiger partial charge on any atom is -0.436 e. The molecule has 0 aliphatic carbocycles. The predicted octanol–water partition coefficient (Wildman–Crippen LogP) is 3.58. The molecule has 2 rings (SSSR count). The van der Waals surface area contributed by atoms with Crippen LogP contribution >= 0.6 is 15.9 Å². The molecule has 0 bridgehead atoms. The topological polar surface area (TPSA) is 42.4 Å². The number of aliphatic hydroxyl groups is 1. The van der Waals surface area contributed by atoms with Crippen molar-refractivity contribution in [2.24, 2.45) is 0 Å². The summed E-state index contributed by atoms with van der Waals surface area (Å²) < 4.78 is 19.9. The van der Waals surface area contributed by atoms with Gasteiger partial charge >= 0.3 is 0 Å². The standard InChI is InChI=1S/C13H11BrFNO2/c1-8-3-2-4-12(16-8)18-11-6-5-10(14)9(7-17)13(11)15/h2-6,17H,7H2,1H3. The zero-order chi connectivity index (χ0) is 13.1. The molecule has 0 radical (unpaired) electrons. The minimum atomic E-state index is -0.588. The highest BCUT2D eigenvalue weighted by Gasteiger charge is 2.13. The third-order valence-electron chi connectivity index (χ3n) is 2.39. The van der Waals surface area contributed by atoms with Crippen LogP contribution in [0.25, 0.3) is 0 Å². The number of rotatable bonds is 3. The smallest absolute Gasteiger partial charge is 0.219 e. The van der Waals surface area contributed by atoms with E-state index in [1.807, 2.05) is 13.0 Å². The largest absolute Gasteiger partial charge is 0.436 e. The summed E-state index contributed by atoms with van der Waals surface area (Å²) in [5.41, 5.74) is 0.951. The van der Waals surface area contributed by atoms with Crippen molar-refractivity contribution in [1.29, 1.82) is 0 Å². The van der Waals surface area contributed by atoms with Gasteiger partial charge in [0.1, 0.15) is 0 Å². The summed E-state index contributed by atoms with van der Waals surface area (Å²) in [6.07, 6.45) is 0. The average Bonchev–Trinajstić information content (AvgIpc) is 2.34. The van der Waals surface area contributed by atoms with Crippen molar-refractivity contribution in [1.82, 2.24) is 4.98 Å². The first-order chi connectivity index (χ1) is 8.61. The lowest BCUT2D eigenvalue weighted by Gasteiger charge is -2.09. The molecule has 94 valence electrons. The fourth-order valence-electron chi connectivity index (χ4n) is 1.49. The Morgan fingerprint density at radius 1 is 1.33 bits per heavy atom. The van der Waals surface area contributed by atoms with Gasteiger partial charge in [-0.1, -0.05) is 22.0 Å². The molecule has 5 heteroatoms. The fourth-order valence-corrected chi connectivity index (χ4v) is 1.92. The molecule has 0 aliphatic heterocycles. The van der Waals surface area contributed by atoms with Gasteiger partial charge in [-0.25, -0.2) is 9.37 Å². The third-order valence-corrected chi connectivity index (χ3v) is 3.13. The number of pyridine rings is 1. The maximum absolute atomic E-state index is 14.0. The molecule has 0 saturated carbocycles. The number of aliphatic hydroxyl groups excluding tert-OH is 1. The monoisotopic (exact) mass is 311 g/mol. The van der Waals surface area contributed by atoms with Gasteiger partial charge in [0, 0.05) is 21.8 Å². The predicted molar refractivity (Wildman–Crippen MR) is 69.1 cm³/mol. The summed E-state index contributed by atoms with van der Waals surface area (Å²) in [5.74, 6) is -0.226. The first kappa shape index (κ1) is 13.0. The van der Waals surface area contributed by atoms with Crippen LogP contribution in [0.2, 0.25) is 0 Å². The van der Waals surface area contributed by atoms with E-state index in [1.54, 1.807) is 18.2 Å². The van der Waals surface area contributed by atoms with Gasteiger partial charge in [-0.3, -0.25) is 0 Å². The van der Waals surface area contributed by atoms with Crippen molar-refractivity contribution in [3.8, 4) is 11.6 Å². The van der Waals surface area contributed by atoms with E-state index in [1.165, 1.54) is 6.07 Å². The van der Waals surface area contributed by atoms with Gasteiger partial charge in [0.05, 0.1) is 6.61 Å². The Hall–Kier alpha value is -1.46. The summed E-state index contributed by atoms with van der Waals surface area (Å²) in [7, 11) is 0. The number of nitrogens with zero attached hydrogens (tertiary/aromatic N) is 1. The molecule has 18 heavy (non-hydrogen) atoms. The minimum absolute atomic E-state index is 0.0420. The van der Waals surface area contributed by atoms with Crippen LogP contribution in [0.3, 0.4) is 0 Å². The van der Waals surface area contributed by atoms with Gasteiger partial charge in [-0.15, -0.1) is 0 Å². The number of ether oxygens (including phenoxy) is 1. The van der Waals surface area contributed by atoms with Crippen molar-refractivity contribution in [3.63, 3.8) is 0 Å². The van der Waals surface area contributed by atoms with Crippen LogP contribution in [0.4, 0.5) is 4.39 Å². The number of aryl methyl sites for hydroxylation is 1. The van der Waals surface area contributed by atoms with Crippen LogP contribution in [-0.2, 0) is 6.61 Å². The number of benzene rings is 1. The van der Waals surface area contributed by atoms with E-state index in [-0.39, 0.29) is 11.3 Å². The quantitative estimate of drug-likeness (QED) is 0.942. The van der Waals surface area contributed by atoms with Crippen molar-refractivity contribution in [3.05, 3.63) is 51.9 Å². The Bertz CT molecular complexity index is 575. The lowest BCUT2D eigenvalue weighted by atomic mass is 10.2. The number of hydrogen-bond acceptors (Lipinski definition) is 3. The maximum atomic E-state index is 14.0. The van der Waals surface area contributed by atoms with Crippen LogP contribution in [0, 0.1) is 12.7 Å². The van der Waals surface area contributed by atoms with Crippen molar-refractivity contribution in [2.45, 2.75) is 13.5 Å². The molecule has 0 spiro atoms. The zero-order valence-electron chi connectivity index (χ0n) is 9.65. The molecule has 0 amide bonds. The fraction of sp³-hybridized carbons (Fsp3) is 0.154. The summed E-state index contributed by atoms with van der Waals surface area (Å²) >= 11 is 3.17. The molecule has 0 aliphatic rings. The first-order valence-electron chi connectivity index (χ1n) is 5.31. The highest BCUT2D eigenvalue weighted by molar-refractivity contribution is 9.10. The van der Waals surface area contributed by atoms with E-state index in [0.717, 1.165) is 5.69 Å². The lowest BCUT2D eigenvalue weighted by molar-refractivity contribution is 0.272. The van der Waals surface area contributed by atoms with E-state index in [0.29, 0.717) is 10.4 Å². The molecule has 0 fully saturated rings. The van der Waals surface area contributed by atoms with E-state index < -0.39 is 12.4 Å². The molecule has 2 aromatic rings. The summed E-state index contributed by atoms with van der Waals surface area (Å²) in [6.45, 7) is 1.43. The summed E-state index contributed by atoms with van der Waals surface area (Å²) in [5, 5.41) is 9.09. The Morgan fingerprint density at radius 2 is 2.11 bits per heavy atom. The molecule has 1 aromatic carbocycles.